The zero-order valence-corrected chi connectivity index (χ0v) is 5.97. The highest BCUT2D eigenvalue weighted by atomic mass is 16.3. The van der Waals surface area contributed by atoms with Gasteiger partial charge in [0.1, 0.15) is 6.29 Å². The van der Waals surface area contributed by atoms with Crippen LogP contribution in [-0.4, -0.2) is 31.1 Å². The second kappa shape index (κ2) is 3.12. The van der Waals surface area contributed by atoms with E-state index in [2.05, 4.69) is 5.32 Å². The van der Waals surface area contributed by atoms with Crippen molar-refractivity contribution < 1.29 is 9.90 Å². The number of nitrogens with one attached hydrogen (secondary N) is 1. The van der Waals surface area contributed by atoms with Crippen molar-refractivity contribution in [3.05, 3.63) is 0 Å². The van der Waals surface area contributed by atoms with Gasteiger partial charge in [-0.1, -0.05) is 0 Å². The summed E-state index contributed by atoms with van der Waals surface area (Å²) in [6, 6.07) is 0. The molecule has 1 aliphatic rings. The van der Waals surface area contributed by atoms with Crippen LogP contribution in [0.1, 0.15) is 12.8 Å². The van der Waals surface area contributed by atoms with E-state index in [1.54, 1.807) is 0 Å². The summed E-state index contributed by atoms with van der Waals surface area (Å²) >= 11 is 0. The maximum atomic E-state index is 10.5. The monoisotopic (exact) mass is 143 g/mol. The van der Waals surface area contributed by atoms with Crippen molar-refractivity contribution in [2.24, 2.45) is 5.41 Å². The number of aliphatic hydroxyl groups is 1. The standard InChI is InChI=1S/C7H13NO2/c9-5-7(6-10)1-3-8-4-2-7/h5,8,10H,1-4,6H2. The molecule has 0 aromatic carbocycles. The van der Waals surface area contributed by atoms with Crippen molar-refractivity contribution in [3.8, 4) is 0 Å². The number of piperidine rings is 1. The Bertz CT molecular complexity index is 119. The lowest BCUT2D eigenvalue weighted by Crippen LogP contribution is -2.40. The van der Waals surface area contributed by atoms with E-state index in [9.17, 15) is 4.79 Å². The van der Waals surface area contributed by atoms with Gasteiger partial charge in [0.25, 0.3) is 0 Å². The van der Waals surface area contributed by atoms with Gasteiger partial charge in [0, 0.05) is 0 Å². The average Bonchev–Trinajstić information content (AvgIpc) is 2.06. The molecule has 0 bridgehead atoms. The molecule has 0 unspecified atom stereocenters. The van der Waals surface area contributed by atoms with Crippen LogP contribution in [0.25, 0.3) is 0 Å². The number of carbonyl (C=O) groups is 1. The fraction of sp³-hybridized carbons (Fsp3) is 0.857. The van der Waals surface area contributed by atoms with Gasteiger partial charge in [-0.2, -0.15) is 0 Å². The lowest BCUT2D eigenvalue weighted by molar-refractivity contribution is -0.119. The van der Waals surface area contributed by atoms with Crippen LogP contribution in [0.5, 0.6) is 0 Å². The van der Waals surface area contributed by atoms with E-state index >= 15 is 0 Å². The first-order chi connectivity index (χ1) is 4.83. The molecule has 3 nitrogen and oxygen atoms in total. The molecule has 58 valence electrons. The van der Waals surface area contributed by atoms with Gasteiger partial charge >= 0.3 is 0 Å². The number of hydrogen-bond donors (Lipinski definition) is 2. The molecular weight excluding hydrogens is 130 g/mol. The van der Waals surface area contributed by atoms with Crippen molar-refractivity contribution in [2.45, 2.75) is 12.8 Å². The zero-order valence-electron chi connectivity index (χ0n) is 5.97. The molecule has 1 saturated heterocycles. The predicted molar refractivity (Wildman–Crippen MR) is 37.7 cm³/mol. The third-order valence-corrected chi connectivity index (χ3v) is 2.16. The molecule has 1 fully saturated rings. The van der Waals surface area contributed by atoms with Gasteiger partial charge in [-0.05, 0) is 25.9 Å². The molecule has 0 atom stereocenters. The maximum Gasteiger partial charge on any atom is 0.128 e. The topological polar surface area (TPSA) is 49.3 Å². The average molecular weight is 143 g/mol. The smallest absolute Gasteiger partial charge is 0.128 e. The minimum Gasteiger partial charge on any atom is -0.395 e. The van der Waals surface area contributed by atoms with Gasteiger partial charge < -0.3 is 15.2 Å². The van der Waals surface area contributed by atoms with Crippen LogP contribution in [0.15, 0.2) is 0 Å². The summed E-state index contributed by atoms with van der Waals surface area (Å²) in [6.07, 6.45) is 2.44. The van der Waals surface area contributed by atoms with Gasteiger partial charge in [0.15, 0.2) is 0 Å². The van der Waals surface area contributed by atoms with Crippen LogP contribution < -0.4 is 5.32 Å². The van der Waals surface area contributed by atoms with E-state index in [-0.39, 0.29) is 6.61 Å². The SMILES string of the molecule is O=CC1(CO)CCNCC1. The molecule has 1 rings (SSSR count). The Morgan fingerprint density at radius 1 is 1.50 bits per heavy atom. The molecule has 0 aromatic heterocycles. The minimum absolute atomic E-state index is 0.00181. The molecule has 3 heteroatoms. The number of hydrogen-bond acceptors (Lipinski definition) is 3. The Morgan fingerprint density at radius 3 is 2.40 bits per heavy atom. The second-order valence-electron chi connectivity index (χ2n) is 2.89. The fourth-order valence-electron chi connectivity index (χ4n) is 1.24. The molecule has 0 radical (unpaired) electrons. The van der Waals surface area contributed by atoms with Gasteiger partial charge in [0.05, 0.1) is 12.0 Å². The van der Waals surface area contributed by atoms with E-state index in [1.165, 1.54) is 0 Å². The maximum absolute atomic E-state index is 10.5. The van der Waals surface area contributed by atoms with E-state index < -0.39 is 5.41 Å². The highest BCUT2D eigenvalue weighted by Crippen LogP contribution is 2.24. The molecule has 0 spiro atoms. The lowest BCUT2D eigenvalue weighted by Gasteiger charge is -2.30. The second-order valence-corrected chi connectivity index (χ2v) is 2.89. The highest BCUT2D eigenvalue weighted by Gasteiger charge is 2.30. The van der Waals surface area contributed by atoms with Crippen molar-refractivity contribution in [2.75, 3.05) is 19.7 Å². The Morgan fingerprint density at radius 2 is 2.10 bits per heavy atom. The summed E-state index contributed by atoms with van der Waals surface area (Å²) in [5.41, 5.74) is -0.425. The van der Waals surface area contributed by atoms with Gasteiger partial charge in [-0.15, -0.1) is 0 Å². The minimum atomic E-state index is -0.425. The molecular formula is C7H13NO2. The Hall–Kier alpha value is -0.410. The van der Waals surface area contributed by atoms with Crippen LogP contribution in [0.2, 0.25) is 0 Å². The number of aliphatic hydroxyl groups excluding tert-OH is 1. The first-order valence-electron chi connectivity index (χ1n) is 3.61. The summed E-state index contributed by atoms with van der Waals surface area (Å²) in [6.45, 7) is 1.69. The van der Waals surface area contributed by atoms with E-state index in [4.69, 9.17) is 5.11 Å². The fourth-order valence-corrected chi connectivity index (χ4v) is 1.24. The molecule has 1 heterocycles. The van der Waals surface area contributed by atoms with E-state index in [0.717, 1.165) is 32.2 Å². The third kappa shape index (κ3) is 1.36. The largest absolute Gasteiger partial charge is 0.395 e. The summed E-state index contributed by atoms with van der Waals surface area (Å²) < 4.78 is 0. The highest BCUT2D eigenvalue weighted by molar-refractivity contribution is 5.59. The number of carbonyl (C=O) groups excluding carboxylic acids is 1. The van der Waals surface area contributed by atoms with Crippen LogP contribution in [0, 0.1) is 5.41 Å². The summed E-state index contributed by atoms with van der Waals surface area (Å²) in [7, 11) is 0. The molecule has 10 heavy (non-hydrogen) atoms. The molecule has 2 N–H and O–H groups in total. The molecule has 0 amide bonds. The quantitative estimate of drug-likeness (QED) is 0.515. The van der Waals surface area contributed by atoms with Crippen molar-refractivity contribution in [1.29, 1.82) is 0 Å². The Labute approximate surface area is 60.4 Å². The van der Waals surface area contributed by atoms with Crippen LogP contribution in [0.3, 0.4) is 0 Å². The van der Waals surface area contributed by atoms with Crippen molar-refractivity contribution >= 4 is 6.29 Å². The van der Waals surface area contributed by atoms with Crippen LogP contribution >= 0.6 is 0 Å². The Balaban J connectivity index is 2.52. The molecule has 1 aliphatic heterocycles. The van der Waals surface area contributed by atoms with Gasteiger partial charge in [0.2, 0.25) is 0 Å². The molecule has 0 aliphatic carbocycles. The first-order valence-corrected chi connectivity index (χ1v) is 3.61. The molecule has 0 aromatic rings. The van der Waals surface area contributed by atoms with Gasteiger partial charge in [-0.3, -0.25) is 0 Å². The normalized spacial score (nSPS) is 24.1. The van der Waals surface area contributed by atoms with Gasteiger partial charge in [-0.25, -0.2) is 0 Å². The van der Waals surface area contributed by atoms with Crippen molar-refractivity contribution in [3.63, 3.8) is 0 Å². The number of rotatable bonds is 2. The summed E-state index contributed by atoms with van der Waals surface area (Å²) in [4.78, 5) is 10.5. The summed E-state index contributed by atoms with van der Waals surface area (Å²) in [5.74, 6) is 0. The molecule has 0 saturated carbocycles. The lowest BCUT2D eigenvalue weighted by atomic mass is 9.81. The van der Waals surface area contributed by atoms with Crippen molar-refractivity contribution in [1.82, 2.24) is 5.32 Å². The Kier molecular flexibility index (Phi) is 2.40. The van der Waals surface area contributed by atoms with E-state index in [1.807, 2.05) is 0 Å². The summed E-state index contributed by atoms with van der Waals surface area (Å²) in [5, 5.41) is 12.0. The zero-order chi connectivity index (χ0) is 7.45. The van der Waals surface area contributed by atoms with E-state index in [0.29, 0.717) is 0 Å². The van der Waals surface area contributed by atoms with Crippen LogP contribution in [0.4, 0.5) is 0 Å². The predicted octanol–water partition coefficient (Wildman–Crippen LogP) is -0.453. The van der Waals surface area contributed by atoms with Crippen LogP contribution in [-0.2, 0) is 4.79 Å². The first kappa shape index (κ1) is 7.69. The third-order valence-electron chi connectivity index (χ3n) is 2.16. The number of aldehydes is 1.